The minimum Gasteiger partial charge on any atom is -0.345 e. The number of benzene rings is 1. The molecule has 1 N–H and O–H groups in total. The standard InChI is InChI=1S/C14H14ClN3O/c1-8(2)18-11-7-16-14(19)12(11)17-13(18)9-3-5-10(15)6-4-9/h3-6,8H,7H2,1-2H3,(H,16,19). The van der Waals surface area contributed by atoms with Crippen molar-refractivity contribution in [1.82, 2.24) is 14.9 Å². The van der Waals surface area contributed by atoms with Crippen LogP contribution >= 0.6 is 11.6 Å². The number of carbonyl (C=O) groups excluding carboxylic acids is 1. The van der Waals surface area contributed by atoms with Crippen molar-refractivity contribution in [2.24, 2.45) is 0 Å². The summed E-state index contributed by atoms with van der Waals surface area (Å²) in [6.45, 7) is 4.72. The molecular formula is C14H14ClN3O. The smallest absolute Gasteiger partial charge is 0.272 e. The van der Waals surface area contributed by atoms with Crippen LogP contribution < -0.4 is 5.32 Å². The van der Waals surface area contributed by atoms with E-state index in [1.165, 1.54) is 0 Å². The molecule has 1 aromatic heterocycles. The van der Waals surface area contributed by atoms with Gasteiger partial charge in [0.1, 0.15) is 5.82 Å². The SMILES string of the molecule is CC(C)n1c(-c2ccc(Cl)cc2)nc2c1CNC2=O. The molecule has 98 valence electrons. The average Bonchev–Trinajstić information content (AvgIpc) is 2.90. The molecule has 0 saturated carbocycles. The number of nitrogens with one attached hydrogen (secondary N) is 1. The van der Waals surface area contributed by atoms with Gasteiger partial charge in [0, 0.05) is 16.6 Å². The fourth-order valence-electron chi connectivity index (χ4n) is 2.42. The highest BCUT2D eigenvalue weighted by Crippen LogP contribution is 2.29. The molecule has 0 atom stereocenters. The van der Waals surface area contributed by atoms with Crippen molar-refractivity contribution in [2.75, 3.05) is 0 Å². The van der Waals surface area contributed by atoms with E-state index in [0.717, 1.165) is 17.1 Å². The van der Waals surface area contributed by atoms with Gasteiger partial charge in [-0.1, -0.05) is 11.6 Å². The molecule has 1 aliphatic heterocycles. The van der Waals surface area contributed by atoms with Gasteiger partial charge in [-0.15, -0.1) is 0 Å². The Morgan fingerprint density at radius 3 is 2.63 bits per heavy atom. The molecule has 19 heavy (non-hydrogen) atoms. The molecule has 2 aromatic rings. The third-order valence-corrected chi connectivity index (χ3v) is 3.51. The van der Waals surface area contributed by atoms with Gasteiger partial charge in [0.2, 0.25) is 0 Å². The van der Waals surface area contributed by atoms with Crippen LogP contribution in [0.15, 0.2) is 24.3 Å². The third-order valence-electron chi connectivity index (χ3n) is 3.26. The molecule has 0 aliphatic carbocycles. The van der Waals surface area contributed by atoms with Crippen LogP contribution in [-0.2, 0) is 6.54 Å². The summed E-state index contributed by atoms with van der Waals surface area (Å²) in [7, 11) is 0. The van der Waals surface area contributed by atoms with Crippen LogP contribution in [0.3, 0.4) is 0 Å². The van der Waals surface area contributed by atoms with Crippen LogP contribution in [0.4, 0.5) is 0 Å². The van der Waals surface area contributed by atoms with E-state index >= 15 is 0 Å². The minimum absolute atomic E-state index is 0.0930. The number of imidazole rings is 1. The maximum atomic E-state index is 11.7. The third kappa shape index (κ3) is 1.92. The van der Waals surface area contributed by atoms with Gasteiger partial charge in [0.15, 0.2) is 5.69 Å². The maximum Gasteiger partial charge on any atom is 0.272 e. The number of fused-ring (bicyclic) bond motifs is 1. The summed E-state index contributed by atoms with van der Waals surface area (Å²) in [5.41, 5.74) is 2.48. The molecule has 2 heterocycles. The number of rotatable bonds is 2. The summed E-state index contributed by atoms with van der Waals surface area (Å²) in [5.74, 6) is 0.733. The normalized spacial score (nSPS) is 13.8. The number of amides is 1. The van der Waals surface area contributed by atoms with E-state index in [2.05, 4.69) is 28.7 Å². The highest BCUT2D eigenvalue weighted by atomic mass is 35.5. The molecule has 0 unspecified atom stereocenters. The molecule has 0 fully saturated rings. The second-order valence-electron chi connectivity index (χ2n) is 4.88. The number of aromatic nitrogens is 2. The quantitative estimate of drug-likeness (QED) is 0.916. The molecular weight excluding hydrogens is 262 g/mol. The van der Waals surface area contributed by atoms with Gasteiger partial charge in [0.25, 0.3) is 5.91 Å². The fraction of sp³-hybridized carbons (Fsp3) is 0.286. The summed E-state index contributed by atoms with van der Waals surface area (Å²) in [5, 5.41) is 3.50. The molecule has 3 rings (SSSR count). The van der Waals surface area contributed by atoms with Crippen molar-refractivity contribution >= 4 is 17.5 Å². The van der Waals surface area contributed by atoms with E-state index in [-0.39, 0.29) is 11.9 Å². The summed E-state index contributed by atoms with van der Waals surface area (Å²) >= 11 is 5.91. The van der Waals surface area contributed by atoms with E-state index in [1.54, 1.807) is 0 Å². The molecule has 0 spiro atoms. The molecule has 4 nitrogen and oxygen atoms in total. The zero-order chi connectivity index (χ0) is 13.6. The Hall–Kier alpha value is -1.81. The van der Waals surface area contributed by atoms with Gasteiger partial charge in [-0.25, -0.2) is 4.98 Å². The summed E-state index contributed by atoms with van der Waals surface area (Å²) in [6, 6.07) is 7.77. The first kappa shape index (κ1) is 12.2. The number of hydrogen-bond acceptors (Lipinski definition) is 2. The molecule has 0 bridgehead atoms. The summed E-state index contributed by atoms with van der Waals surface area (Å²) in [4.78, 5) is 16.2. The number of carbonyl (C=O) groups is 1. The van der Waals surface area contributed by atoms with Crippen molar-refractivity contribution in [3.63, 3.8) is 0 Å². The molecule has 5 heteroatoms. The van der Waals surface area contributed by atoms with E-state index in [1.807, 2.05) is 24.3 Å². The first-order chi connectivity index (χ1) is 9.08. The maximum absolute atomic E-state index is 11.7. The average molecular weight is 276 g/mol. The Bertz CT molecular complexity index is 643. The van der Waals surface area contributed by atoms with Crippen LogP contribution in [-0.4, -0.2) is 15.5 Å². The van der Waals surface area contributed by atoms with E-state index in [9.17, 15) is 4.79 Å². The van der Waals surface area contributed by atoms with Crippen molar-refractivity contribution < 1.29 is 4.79 Å². The predicted octanol–water partition coefficient (Wildman–Crippen LogP) is 3.03. The zero-order valence-electron chi connectivity index (χ0n) is 10.8. The lowest BCUT2D eigenvalue weighted by Gasteiger charge is -2.14. The molecule has 1 aliphatic rings. The Morgan fingerprint density at radius 1 is 1.32 bits per heavy atom. The summed E-state index contributed by atoms with van der Waals surface area (Å²) in [6.07, 6.45) is 0. The Kier molecular flexibility index (Phi) is 2.82. The monoisotopic (exact) mass is 275 g/mol. The largest absolute Gasteiger partial charge is 0.345 e. The highest BCUT2D eigenvalue weighted by Gasteiger charge is 2.29. The highest BCUT2D eigenvalue weighted by molar-refractivity contribution is 6.30. The Balaban J connectivity index is 2.19. The van der Waals surface area contributed by atoms with Crippen molar-refractivity contribution in [3.8, 4) is 11.4 Å². The number of nitrogens with zero attached hydrogens (tertiary/aromatic N) is 2. The predicted molar refractivity (Wildman–Crippen MR) is 74.2 cm³/mol. The van der Waals surface area contributed by atoms with Crippen molar-refractivity contribution in [2.45, 2.75) is 26.4 Å². The molecule has 0 radical (unpaired) electrons. The van der Waals surface area contributed by atoms with Gasteiger partial charge >= 0.3 is 0 Å². The Labute approximate surface area is 116 Å². The second kappa shape index (κ2) is 4.38. The first-order valence-electron chi connectivity index (χ1n) is 6.23. The number of halogens is 1. The van der Waals surface area contributed by atoms with Crippen LogP contribution in [0.25, 0.3) is 11.4 Å². The van der Waals surface area contributed by atoms with Gasteiger partial charge in [-0.3, -0.25) is 4.79 Å². The van der Waals surface area contributed by atoms with Crippen LogP contribution in [0.2, 0.25) is 5.02 Å². The van der Waals surface area contributed by atoms with E-state index in [4.69, 9.17) is 11.6 Å². The minimum atomic E-state index is -0.0930. The zero-order valence-corrected chi connectivity index (χ0v) is 11.5. The molecule has 1 amide bonds. The van der Waals surface area contributed by atoms with Crippen LogP contribution in [0.5, 0.6) is 0 Å². The van der Waals surface area contributed by atoms with Gasteiger partial charge in [-0.2, -0.15) is 0 Å². The van der Waals surface area contributed by atoms with E-state index in [0.29, 0.717) is 17.3 Å². The molecule has 0 saturated heterocycles. The van der Waals surface area contributed by atoms with Crippen molar-refractivity contribution in [1.29, 1.82) is 0 Å². The topological polar surface area (TPSA) is 46.9 Å². The van der Waals surface area contributed by atoms with Crippen molar-refractivity contribution in [3.05, 3.63) is 40.7 Å². The fourth-order valence-corrected chi connectivity index (χ4v) is 2.55. The van der Waals surface area contributed by atoms with Gasteiger partial charge in [0.05, 0.1) is 12.2 Å². The van der Waals surface area contributed by atoms with Gasteiger partial charge < -0.3 is 9.88 Å². The lowest BCUT2D eigenvalue weighted by atomic mass is 10.2. The first-order valence-corrected chi connectivity index (χ1v) is 6.61. The van der Waals surface area contributed by atoms with Crippen LogP contribution in [0.1, 0.15) is 36.1 Å². The number of hydrogen-bond donors (Lipinski definition) is 1. The van der Waals surface area contributed by atoms with Crippen LogP contribution in [0, 0.1) is 0 Å². The molecule has 1 aromatic carbocycles. The Morgan fingerprint density at radius 2 is 2.00 bits per heavy atom. The summed E-state index contributed by atoms with van der Waals surface area (Å²) < 4.78 is 2.11. The van der Waals surface area contributed by atoms with E-state index < -0.39 is 0 Å². The van der Waals surface area contributed by atoms with Gasteiger partial charge in [-0.05, 0) is 38.1 Å². The second-order valence-corrected chi connectivity index (χ2v) is 5.32. The lowest BCUT2D eigenvalue weighted by molar-refractivity contribution is 0.0961. The lowest BCUT2D eigenvalue weighted by Crippen LogP contribution is -2.16.